The second kappa shape index (κ2) is 5.52. The summed E-state index contributed by atoms with van der Waals surface area (Å²) in [6.07, 6.45) is 1.55. The smallest absolute Gasteiger partial charge is 0.138 e. The lowest BCUT2D eigenvalue weighted by Crippen LogP contribution is -2.01. The summed E-state index contributed by atoms with van der Waals surface area (Å²) in [5.74, 6) is 0.198. The van der Waals surface area contributed by atoms with Crippen LogP contribution in [0.3, 0.4) is 0 Å². The van der Waals surface area contributed by atoms with Crippen LogP contribution < -0.4 is 0 Å². The number of carbonyl (C=O) groups excluding carboxylic acids is 1. The van der Waals surface area contributed by atoms with Gasteiger partial charge in [0.25, 0.3) is 0 Å². The summed E-state index contributed by atoms with van der Waals surface area (Å²) in [4.78, 5) is 12.3. The minimum atomic E-state index is 0.0971. The Morgan fingerprint density at radius 2 is 2.31 bits per heavy atom. The Bertz CT molecular complexity index is 283. The molecule has 0 amide bonds. The Morgan fingerprint density at radius 3 is 2.85 bits per heavy atom. The molecule has 0 unspecified atom stereocenters. The SMILES string of the molecule is O=C(CCCO)Cc1ccc(Br)s1. The molecule has 1 N–H and O–H groups in total. The van der Waals surface area contributed by atoms with Crippen molar-refractivity contribution < 1.29 is 9.90 Å². The molecule has 72 valence electrons. The Balaban J connectivity index is 2.36. The van der Waals surface area contributed by atoms with Crippen molar-refractivity contribution >= 4 is 33.0 Å². The molecule has 1 heterocycles. The van der Waals surface area contributed by atoms with E-state index >= 15 is 0 Å². The van der Waals surface area contributed by atoms with E-state index in [-0.39, 0.29) is 12.4 Å². The zero-order chi connectivity index (χ0) is 9.68. The molecule has 0 saturated heterocycles. The van der Waals surface area contributed by atoms with E-state index in [2.05, 4.69) is 15.9 Å². The number of halogens is 1. The van der Waals surface area contributed by atoms with E-state index in [1.54, 1.807) is 11.3 Å². The Labute approximate surface area is 89.7 Å². The molecule has 0 aliphatic carbocycles. The van der Waals surface area contributed by atoms with Gasteiger partial charge in [-0.3, -0.25) is 4.79 Å². The summed E-state index contributed by atoms with van der Waals surface area (Å²) in [7, 11) is 0. The lowest BCUT2D eigenvalue weighted by atomic mass is 10.1. The van der Waals surface area contributed by atoms with Gasteiger partial charge in [-0.05, 0) is 34.5 Å². The van der Waals surface area contributed by atoms with Gasteiger partial charge < -0.3 is 5.11 Å². The Morgan fingerprint density at radius 1 is 1.54 bits per heavy atom. The lowest BCUT2D eigenvalue weighted by molar-refractivity contribution is -0.118. The van der Waals surface area contributed by atoms with E-state index in [4.69, 9.17) is 5.11 Å². The van der Waals surface area contributed by atoms with E-state index in [0.717, 1.165) is 8.66 Å². The summed E-state index contributed by atoms with van der Waals surface area (Å²) in [6, 6.07) is 3.89. The first-order chi connectivity index (χ1) is 6.22. The van der Waals surface area contributed by atoms with Crippen LogP contribution >= 0.6 is 27.3 Å². The minimum absolute atomic E-state index is 0.0971. The molecule has 1 rings (SSSR count). The largest absolute Gasteiger partial charge is 0.396 e. The topological polar surface area (TPSA) is 37.3 Å². The standard InChI is InChI=1S/C9H11BrO2S/c10-9-4-3-8(13-9)6-7(12)2-1-5-11/h3-4,11H,1-2,5-6H2. The van der Waals surface area contributed by atoms with E-state index in [1.165, 1.54) is 0 Å². The number of hydrogen-bond donors (Lipinski definition) is 1. The Hall–Kier alpha value is -0.190. The molecule has 1 aromatic heterocycles. The van der Waals surface area contributed by atoms with Crippen molar-refractivity contribution in [2.75, 3.05) is 6.61 Å². The number of Topliss-reactive ketones (excluding diaryl/α,β-unsaturated/α-hetero) is 1. The number of carbonyl (C=O) groups is 1. The average Bonchev–Trinajstić information content (AvgIpc) is 2.48. The first-order valence-corrected chi connectivity index (χ1v) is 5.70. The highest BCUT2D eigenvalue weighted by Gasteiger charge is 2.05. The van der Waals surface area contributed by atoms with E-state index in [1.807, 2.05) is 12.1 Å². The van der Waals surface area contributed by atoms with Gasteiger partial charge in [0.2, 0.25) is 0 Å². The lowest BCUT2D eigenvalue weighted by Gasteiger charge is -1.95. The number of aliphatic hydroxyl groups is 1. The molecule has 2 nitrogen and oxygen atoms in total. The maximum Gasteiger partial charge on any atom is 0.138 e. The van der Waals surface area contributed by atoms with Crippen molar-refractivity contribution in [3.63, 3.8) is 0 Å². The third-order valence-corrected chi connectivity index (χ3v) is 3.24. The number of rotatable bonds is 5. The van der Waals surface area contributed by atoms with Gasteiger partial charge in [-0.15, -0.1) is 11.3 Å². The fraction of sp³-hybridized carbons (Fsp3) is 0.444. The van der Waals surface area contributed by atoms with Crippen molar-refractivity contribution in [1.29, 1.82) is 0 Å². The normalized spacial score (nSPS) is 10.3. The predicted molar refractivity (Wildman–Crippen MR) is 57.0 cm³/mol. The molecular weight excluding hydrogens is 252 g/mol. The highest BCUT2D eigenvalue weighted by Crippen LogP contribution is 2.22. The van der Waals surface area contributed by atoms with Crippen molar-refractivity contribution in [2.24, 2.45) is 0 Å². The Kier molecular flexibility index (Phi) is 4.62. The molecule has 0 saturated carbocycles. The molecule has 4 heteroatoms. The van der Waals surface area contributed by atoms with Gasteiger partial charge in [-0.2, -0.15) is 0 Å². The van der Waals surface area contributed by atoms with Crippen molar-refractivity contribution in [3.05, 3.63) is 20.8 Å². The van der Waals surface area contributed by atoms with E-state index < -0.39 is 0 Å². The van der Waals surface area contributed by atoms with Gasteiger partial charge in [-0.1, -0.05) is 0 Å². The van der Waals surface area contributed by atoms with Crippen LogP contribution in [0.25, 0.3) is 0 Å². The van der Waals surface area contributed by atoms with Crippen LogP contribution in [0.4, 0.5) is 0 Å². The third-order valence-electron chi connectivity index (χ3n) is 1.61. The van der Waals surface area contributed by atoms with E-state index in [0.29, 0.717) is 19.3 Å². The first kappa shape index (κ1) is 10.9. The van der Waals surface area contributed by atoms with Gasteiger partial charge in [0, 0.05) is 24.3 Å². The maximum atomic E-state index is 11.3. The van der Waals surface area contributed by atoms with Gasteiger partial charge in [0.05, 0.1) is 3.79 Å². The van der Waals surface area contributed by atoms with Crippen LogP contribution in [0.2, 0.25) is 0 Å². The highest BCUT2D eigenvalue weighted by atomic mass is 79.9. The van der Waals surface area contributed by atoms with Gasteiger partial charge in [-0.25, -0.2) is 0 Å². The molecule has 0 radical (unpaired) electrons. The van der Waals surface area contributed by atoms with Crippen molar-refractivity contribution in [2.45, 2.75) is 19.3 Å². The van der Waals surface area contributed by atoms with Crippen LogP contribution in [0.5, 0.6) is 0 Å². The number of ketones is 1. The second-order valence-electron chi connectivity index (χ2n) is 2.75. The molecular formula is C9H11BrO2S. The van der Waals surface area contributed by atoms with Gasteiger partial charge in [0.15, 0.2) is 0 Å². The quantitative estimate of drug-likeness (QED) is 0.885. The number of aliphatic hydroxyl groups excluding tert-OH is 1. The predicted octanol–water partition coefficient (Wildman–Crippen LogP) is 2.39. The molecule has 0 spiro atoms. The van der Waals surface area contributed by atoms with Gasteiger partial charge in [0.1, 0.15) is 5.78 Å². The maximum absolute atomic E-state index is 11.3. The first-order valence-electron chi connectivity index (χ1n) is 4.09. The van der Waals surface area contributed by atoms with Crippen molar-refractivity contribution in [3.8, 4) is 0 Å². The number of thiophene rings is 1. The highest BCUT2D eigenvalue weighted by molar-refractivity contribution is 9.11. The summed E-state index contributed by atoms with van der Waals surface area (Å²) < 4.78 is 1.05. The zero-order valence-corrected chi connectivity index (χ0v) is 9.53. The molecule has 0 aromatic carbocycles. The van der Waals surface area contributed by atoms with Gasteiger partial charge >= 0.3 is 0 Å². The van der Waals surface area contributed by atoms with Crippen LogP contribution in [0, 0.1) is 0 Å². The molecule has 0 fully saturated rings. The fourth-order valence-electron chi connectivity index (χ4n) is 1.01. The van der Waals surface area contributed by atoms with Crippen LogP contribution in [0.15, 0.2) is 15.9 Å². The zero-order valence-electron chi connectivity index (χ0n) is 7.12. The fourth-order valence-corrected chi connectivity index (χ4v) is 2.52. The second-order valence-corrected chi connectivity index (χ2v) is 5.30. The van der Waals surface area contributed by atoms with E-state index in [9.17, 15) is 4.79 Å². The number of hydrogen-bond acceptors (Lipinski definition) is 3. The summed E-state index contributed by atoms with van der Waals surface area (Å²) in [5, 5.41) is 8.53. The minimum Gasteiger partial charge on any atom is -0.396 e. The molecule has 0 aliphatic heterocycles. The summed E-state index contributed by atoms with van der Waals surface area (Å²) in [6.45, 7) is 0.0971. The third kappa shape index (κ3) is 4.02. The van der Waals surface area contributed by atoms with Crippen molar-refractivity contribution in [1.82, 2.24) is 0 Å². The van der Waals surface area contributed by atoms with Crippen LogP contribution in [-0.2, 0) is 11.2 Å². The average molecular weight is 263 g/mol. The molecule has 0 atom stereocenters. The monoisotopic (exact) mass is 262 g/mol. The van der Waals surface area contributed by atoms with Crippen LogP contribution in [0.1, 0.15) is 17.7 Å². The molecule has 0 bridgehead atoms. The summed E-state index contributed by atoms with van der Waals surface area (Å²) >= 11 is 4.92. The molecule has 1 aromatic rings. The summed E-state index contributed by atoms with van der Waals surface area (Å²) in [5.41, 5.74) is 0. The van der Waals surface area contributed by atoms with Crippen LogP contribution in [-0.4, -0.2) is 17.5 Å². The molecule has 13 heavy (non-hydrogen) atoms. The molecule has 0 aliphatic rings.